The van der Waals surface area contributed by atoms with Gasteiger partial charge in [-0.25, -0.2) is 14.4 Å². The molecule has 5 rings (SSSR count). The molecule has 2 unspecified atom stereocenters. The van der Waals surface area contributed by atoms with Gasteiger partial charge in [0.1, 0.15) is 6.54 Å². The van der Waals surface area contributed by atoms with Crippen LogP contribution < -0.4 is 9.96 Å². The Bertz CT molecular complexity index is 1500. The van der Waals surface area contributed by atoms with E-state index in [-0.39, 0.29) is 33.9 Å². The number of ether oxygens (including phenoxy) is 1. The topological polar surface area (TPSA) is 84.9 Å². The van der Waals surface area contributed by atoms with Crippen LogP contribution in [0.2, 0.25) is 10.0 Å². The Morgan fingerprint density at radius 3 is 2.26 bits per heavy atom. The largest absolute Gasteiger partial charge is 0.497 e. The summed E-state index contributed by atoms with van der Waals surface area (Å²) in [6, 6.07) is 18.3. The zero-order valence-corrected chi connectivity index (χ0v) is 24.2. The highest BCUT2D eigenvalue weighted by molar-refractivity contribution is 6.32. The van der Waals surface area contributed by atoms with Gasteiger partial charge < -0.3 is 15.0 Å². The lowest BCUT2D eigenvalue weighted by molar-refractivity contribution is -0.268. The number of hydroxylamine groups is 2. The van der Waals surface area contributed by atoms with Crippen molar-refractivity contribution in [1.82, 2.24) is 14.9 Å². The van der Waals surface area contributed by atoms with Crippen molar-refractivity contribution in [2.24, 2.45) is 0 Å². The fourth-order valence-corrected chi connectivity index (χ4v) is 5.63. The van der Waals surface area contributed by atoms with Crippen molar-refractivity contribution in [1.29, 1.82) is 0 Å². The SMILES string of the molecule is O=C(c1ccc(Cl)cc1)N1CC(=O)[N+](OC(=O)C(F)(F)F)(C(OC2CCNCC2)c2ccccc2)c2cccc(Cl)c2C1. The first kappa shape index (κ1) is 31.0. The first-order valence-electron chi connectivity index (χ1n) is 13.5. The van der Waals surface area contributed by atoms with Crippen molar-refractivity contribution in [2.75, 3.05) is 19.6 Å². The molecule has 2 aliphatic rings. The number of quaternary nitrogens is 1. The second kappa shape index (κ2) is 12.6. The monoisotopic (exact) mass is 636 g/mol. The lowest BCUT2D eigenvalue weighted by atomic mass is 10.1. The van der Waals surface area contributed by atoms with Crippen LogP contribution in [0, 0.1) is 0 Å². The molecule has 1 N–H and O–H groups in total. The van der Waals surface area contributed by atoms with Crippen molar-refractivity contribution >= 4 is 46.7 Å². The van der Waals surface area contributed by atoms with E-state index in [0.29, 0.717) is 31.0 Å². The van der Waals surface area contributed by atoms with Gasteiger partial charge in [0.05, 0.1) is 23.2 Å². The molecule has 0 saturated carbocycles. The molecule has 1 saturated heterocycles. The molecule has 13 heteroatoms. The number of hydrogen-bond donors (Lipinski definition) is 1. The first-order valence-corrected chi connectivity index (χ1v) is 14.2. The Hall–Kier alpha value is -3.48. The van der Waals surface area contributed by atoms with Gasteiger partial charge in [-0.15, -0.1) is 0 Å². The second-order valence-electron chi connectivity index (χ2n) is 10.2. The minimum absolute atomic E-state index is 0.0559. The van der Waals surface area contributed by atoms with E-state index >= 15 is 0 Å². The van der Waals surface area contributed by atoms with Crippen molar-refractivity contribution in [3.63, 3.8) is 0 Å². The highest BCUT2D eigenvalue weighted by Crippen LogP contribution is 2.46. The van der Waals surface area contributed by atoms with Crippen molar-refractivity contribution in [2.45, 2.75) is 37.9 Å². The third-order valence-corrected chi connectivity index (χ3v) is 7.96. The molecular formula is C30H27Cl2F3N3O5+. The Kier molecular flexibility index (Phi) is 9.10. The average Bonchev–Trinajstić information content (AvgIpc) is 3.12. The van der Waals surface area contributed by atoms with Crippen LogP contribution in [0.25, 0.3) is 0 Å². The summed E-state index contributed by atoms with van der Waals surface area (Å²) in [5.41, 5.74) is 0.447. The Morgan fingerprint density at radius 1 is 0.930 bits per heavy atom. The predicted octanol–water partition coefficient (Wildman–Crippen LogP) is 5.97. The van der Waals surface area contributed by atoms with Crippen LogP contribution in [-0.2, 0) is 25.7 Å². The zero-order chi connectivity index (χ0) is 30.8. The quantitative estimate of drug-likeness (QED) is 0.336. The number of alkyl halides is 3. The van der Waals surface area contributed by atoms with Crippen molar-refractivity contribution < 1.29 is 37.1 Å². The van der Waals surface area contributed by atoms with E-state index in [1.807, 2.05) is 0 Å². The van der Waals surface area contributed by atoms with E-state index in [0.717, 1.165) is 4.90 Å². The molecule has 0 aromatic heterocycles. The number of carbonyl (C=O) groups excluding carboxylic acids is 3. The van der Waals surface area contributed by atoms with E-state index in [2.05, 4.69) is 5.32 Å². The molecule has 2 atom stereocenters. The van der Waals surface area contributed by atoms with Crippen molar-refractivity contribution in [3.8, 4) is 0 Å². The summed E-state index contributed by atoms with van der Waals surface area (Å²) in [6.45, 7) is 0.166. The van der Waals surface area contributed by atoms with Gasteiger partial charge in [0.2, 0.25) is 0 Å². The average molecular weight is 637 g/mol. The number of nitrogens with zero attached hydrogens (tertiary/aromatic N) is 2. The maximum absolute atomic E-state index is 14.5. The van der Waals surface area contributed by atoms with E-state index in [4.69, 9.17) is 32.8 Å². The molecule has 2 aliphatic heterocycles. The lowest BCUT2D eigenvalue weighted by Crippen LogP contribution is -2.62. The van der Waals surface area contributed by atoms with Crippen LogP contribution in [0.4, 0.5) is 18.9 Å². The minimum Gasteiger partial charge on any atom is -0.320 e. The molecule has 3 aromatic carbocycles. The Labute approximate surface area is 255 Å². The number of rotatable bonds is 6. The van der Waals surface area contributed by atoms with Crippen LogP contribution in [0.3, 0.4) is 0 Å². The molecule has 0 bridgehead atoms. The number of nitrogens with one attached hydrogen (secondary N) is 1. The first-order chi connectivity index (χ1) is 20.5. The Balaban J connectivity index is 1.72. The van der Waals surface area contributed by atoms with Gasteiger partial charge in [-0.3, -0.25) is 4.79 Å². The number of fused-ring (bicyclic) bond motifs is 1. The standard InChI is InChI=1S/C30H27Cl2F3N3O5/c31-21-11-9-19(10-12-21)27(40)37-17-23-24(32)7-4-8-25(23)38(26(39)18-37,43-29(41)30(33,34)35)28(20-5-2-1-3-6-20)42-22-13-15-36-16-14-22/h1-12,22,28,36H,13-18H2/q+1. The van der Waals surface area contributed by atoms with Crippen LogP contribution >= 0.6 is 23.2 Å². The normalized spacial score (nSPS) is 20.2. The molecule has 43 heavy (non-hydrogen) atoms. The second-order valence-corrected chi connectivity index (χ2v) is 11.0. The van der Waals surface area contributed by atoms with Gasteiger partial charge in [-0.05, 0) is 60.9 Å². The zero-order valence-electron chi connectivity index (χ0n) is 22.7. The summed E-state index contributed by atoms with van der Waals surface area (Å²) in [7, 11) is 0. The maximum atomic E-state index is 14.5. The van der Waals surface area contributed by atoms with Crippen LogP contribution in [-0.4, -0.2) is 54.6 Å². The van der Waals surface area contributed by atoms with Crippen LogP contribution in [0.15, 0.2) is 72.8 Å². The van der Waals surface area contributed by atoms with E-state index in [9.17, 15) is 27.6 Å². The highest BCUT2D eigenvalue weighted by Gasteiger charge is 2.61. The molecule has 0 radical (unpaired) electrons. The third kappa shape index (κ3) is 6.41. The predicted molar refractivity (Wildman–Crippen MR) is 153 cm³/mol. The molecule has 1 fully saturated rings. The smallest absolute Gasteiger partial charge is 0.320 e. The molecule has 3 aromatic rings. The fraction of sp³-hybridized carbons (Fsp3) is 0.300. The number of amides is 2. The Morgan fingerprint density at radius 2 is 1.60 bits per heavy atom. The van der Waals surface area contributed by atoms with E-state index in [1.165, 1.54) is 42.5 Å². The van der Waals surface area contributed by atoms with Crippen LogP contribution in [0.5, 0.6) is 0 Å². The molecule has 0 aliphatic carbocycles. The van der Waals surface area contributed by atoms with Crippen LogP contribution in [0.1, 0.15) is 40.6 Å². The summed E-state index contributed by atoms with van der Waals surface area (Å²) >= 11 is 12.6. The number of piperidine rings is 1. The molecule has 2 amide bonds. The highest BCUT2D eigenvalue weighted by atomic mass is 35.5. The van der Waals surface area contributed by atoms with E-state index in [1.54, 1.807) is 30.3 Å². The summed E-state index contributed by atoms with van der Waals surface area (Å²) < 4.78 is 46.5. The van der Waals surface area contributed by atoms with Gasteiger partial charge >= 0.3 is 18.1 Å². The molecular weight excluding hydrogens is 610 g/mol. The summed E-state index contributed by atoms with van der Waals surface area (Å²) in [6.07, 6.45) is -6.52. The lowest BCUT2D eigenvalue weighted by Gasteiger charge is -2.39. The minimum atomic E-state index is -5.45. The molecule has 2 heterocycles. The number of halogens is 5. The van der Waals surface area contributed by atoms with Gasteiger partial charge in [-0.1, -0.05) is 59.6 Å². The molecule has 226 valence electrons. The molecule has 8 nitrogen and oxygen atoms in total. The van der Waals surface area contributed by atoms with Gasteiger partial charge in [0.15, 0.2) is 5.69 Å². The van der Waals surface area contributed by atoms with Crippen molar-refractivity contribution in [3.05, 3.63) is 99.5 Å². The molecule has 0 spiro atoms. The number of benzene rings is 3. The fourth-order valence-electron chi connectivity index (χ4n) is 5.28. The number of hydrogen-bond acceptors (Lipinski definition) is 6. The maximum Gasteiger partial charge on any atom is 0.497 e. The number of carbonyl (C=O) groups is 3. The van der Waals surface area contributed by atoms with Gasteiger partial charge in [-0.2, -0.15) is 13.2 Å². The van der Waals surface area contributed by atoms with Gasteiger partial charge in [0, 0.05) is 22.2 Å². The van der Waals surface area contributed by atoms with Gasteiger partial charge in [0.25, 0.3) is 12.1 Å². The van der Waals surface area contributed by atoms with E-state index < -0.39 is 47.5 Å². The summed E-state index contributed by atoms with van der Waals surface area (Å²) in [5, 5.41) is 3.63. The third-order valence-electron chi connectivity index (χ3n) is 7.36. The summed E-state index contributed by atoms with van der Waals surface area (Å²) in [4.78, 5) is 47.3. The summed E-state index contributed by atoms with van der Waals surface area (Å²) in [5.74, 6) is -4.24.